The third kappa shape index (κ3) is 3.41. The number of hydrogen-bond acceptors (Lipinski definition) is 10. The Labute approximate surface area is 126 Å². The first-order valence-electron chi connectivity index (χ1n) is 6.95. The maximum absolute atomic E-state index is 9.93. The van der Waals surface area contributed by atoms with Crippen LogP contribution in [0.25, 0.3) is 0 Å². The van der Waals surface area contributed by atoms with Crippen molar-refractivity contribution in [2.45, 2.75) is 55.1 Å². The largest absolute Gasteiger partial charge is 0.394 e. The van der Waals surface area contributed by atoms with Crippen LogP contribution in [-0.4, -0.2) is 111 Å². The van der Waals surface area contributed by atoms with Crippen molar-refractivity contribution in [3.8, 4) is 0 Å². The fraction of sp³-hybridized carbons (Fsp3) is 1.00. The summed E-state index contributed by atoms with van der Waals surface area (Å²) in [5.74, 6) is 0. The molecule has 2 rings (SSSR count). The topological polar surface area (TPSA) is 169 Å². The molecule has 10 nitrogen and oxygen atoms in total. The molecule has 0 aromatic carbocycles. The van der Waals surface area contributed by atoms with E-state index in [1.165, 1.54) is 0 Å². The van der Waals surface area contributed by atoms with Gasteiger partial charge in [-0.25, -0.2) is 0 Å². The van der Waals surface area contributed by atoms with E-state index in [1.807, 2.05) is 0 Å². The van der Waals surface area contributed by atoms with Gasteiger partial charge in [-0.2, -0.15) is 0 Å². The van der Waals surface area contributed by atoms with Crippen LogP contribution in [0, 0.1) is 0 Å². The fourth-order valence-corrected chi connectivity index (χ4v) is 2.51. The maximum atomic E-state index is 9.93. The molecule has 0 aromatic rings. The van der Waals surface area contributed by atoms with Gasteiger partial charge in [-0.1, -0.05) is 0 Å². The van der Waals surface area contributed by atoms with E-state index in [0.717, 1.165) is 0 Å². The molecule has 7 N–H and O–H groups in total. The van der Waals surface area contributed by atoms with Gasteiger partial charge in [0.15, 0.2) is 6.29 Å². The highest BCUT2D eigenvalue weighted by atomic mass is 16.7. The second-order valence-corrected chi connectivity index (χ2v) is 5.41. The Bertz CT molecular complexity index is 351. The second-order valence-electron chi connectivity index (χ2n) is 5.41. The molecule has 0 bridgehead atoms. The molecule has 0 aromatic heterocycles. The van der Waals surface area contributed by atoms with Crippen LogP contribution in [0.1, 0.15) is 0 Å². The summed E-state index contributed by atoms with van der Waals surface area (Å²) in [7, 11) is 0. The first-order valence-corrected chi connectivity index (χ1v) is 6.95. The van der Waals surface area contributed by atoms with Gasteiger partial charge in [0.05, 0.1) is 19.8 Å². The average molecular weight is 326 g/mol. The highest BCUT2D eigenvalue weighted by Gasteiger charge is 2.48. The number of hydrogen-bond donors (Lipinski definition) is 7. The van der Waals surface area contributed by atoms with Crippen molar-refractivity contribution in [2.75, 3.05) is 19.8 Å². The summed E-state index contributed by atoms with van der Waals surface area (Å²) in [6, 6.07) is 0. The third-order valence-corrected chi connectivity index (χ3v) is 3.90. The first kappa shape index (κ1) is 17.9. The zero-order valence-corrected chi connectivity index (χ0v) is 11.7. The van der Waals surface area contributed by atoms with Gasteiger partial charge in [0.1, 0.15) is 48.8 Å². The Morgan fingerprint density at radius 1 is 0.818 bits per heavy atom. The molecule has 2 heterocycles. The van der Waals surface area contributed by atoms with Gasteiger partial charge >= 0.3 is 0 Å². The lowest BCUT2D eigenvalue weighted by Crippen LogP contribution is -2.63. The first-order chi connectivity index (χ1) is 10.4. The van der Waals surface area contributed by atoms with E-state index in [1.54, 1.807) is 0 Å². The molecular formula is C12H22O10. The fourth-order valence-electron chi connectivity index (χ4n) is 2.51. The molecule has 2 saturated heterocycles. The molecule has 2 fully saturated rings. The van der Waals surface area contributed by atoms with Crippen molar-refractivity contribution in [2.24, 2.45) is 0 Å². The van der Waals surface area contributed by atoms with Crippen LogP contribution in [0.5, 0.6) is 0 Å². The minimum absolute atomic E-state index is 0.194. The van der Waals surface area contributed by atoms with Gasteiger partial charge < -0.3 is 50.0 Å². The van der Waals surface area contributed by atoms with Crippen molar-refractivity contribution in [3.05, 3.63) is 0 Å². The van der Waals surface area contributed by atoms with Crippen molar-refractivity contribution in [3.63, 3.8) is 0 Å². The average Bonchev–Trinajstić information content (AvgIpc) is 2.52. The van der Waals surface area contributed by atoms with E-state index in [9.17, 15) is 30.6 Å². The number of aliphatic hydroxyl groups excluding tert-OH is 7. The molecule has 0 spiro atoms. The summed E-state index contributed by atoms with van der Waals surface area (Å²) >= 11 is 0. The van der Waals surface area contributed by atoms with E-state index in [4.69, 9.17) is 19.3 Å². The molecule has 130 valence electrons. The number of ether oxygens (including phenoxy) is 3. The van der Waals surface area contributed by atoms with Gasteiger partial charge in [-0.05, 0) is 0 Å². The van der Waals surface area contributed by atoms with Crippen molar-refractivity contribution >= 4 is 0 Å². The van der Waals surface area contributed by atoms with Crippen LogP contribution in [0.2, 0.25) is 0 Å². The number of rotatable bonds is 4. The molecular weight excluding hydrogens is 304 g/mol. The van der Waals surface area contributed by atoms with Crippen LogP contribution in [0.15, 0.2) is 0 Å². The predicted octanol–water partition coefficient (Wildman–Crippen LogP) is -4.72. The van der Waals surface area contributed by atoms with Crippen molar-refractivity contribution in [1.29, 1.82) is 0 Å². The molecule has 2 aliphatic heterocycles. The van der Waals surface area contributed by atoms with Crippen LogP contribution in [0.3, 0.4) is 0 Å². The molecule has 0 amide bonds. The molecule has 0 radical (unpaired) electrons. The quantitative estimate of drug-likeness (QED) is 0.266. The predicted molar refractivity (Wildman–Crippen MR) is 67.5 cm³/mol. The van der Waals surface area contributed by atoms with Crippen LogP contribution < -0.4 is 0 Å². The zero-order valence-electron chi connectivity index (χ0n) is 11.7. The molecule has 2 unspecified atom stereocenters. The summed E-state index contributed by atoms with van der Waals surface area (Å²) in [5, 5.41) is 67.0. The normalized spacial score (nSPS) is 50.0. The Kier molecular flexibility index (Phi) is 6.07. The lowest BCUT2D eigenvalue weighted by Gasteiger charge is -2.44. The summed E-state index contributed by atoms with van der Waals surface area (Å²) in [6.45, 7) is -1.33. The third-order valence-electron chi connectivity index (χ3n) is 3.90. The van der Waals surface area contributed by atoms with Gasteiger partial charge in [-0.3, -0.25) is 0 Å². The lowest BCUT2D eigenvalue weighted by molar-refractivity contribution is -0.336. The van der Waals surface area contributed by atoms with E-state index in [-0.39, 0.29) is 6.61 Å². The Morgan fingerprint density at radius 2 is 1.45 bits per heavy atom. The van der Waals surface area contributed by atoms with Crippen LogP contribution >= 0.6 is 0 Å². The highest BCUT2D eigenvalue weighted by molar-refractivity contribution is 4.92. The molecule has 22 heavy (non-hydrogen) atoms. The van der Waals surface area contributed by atoms with Crippen LogP contribution in [-0.2, 0) is 14.2 Å². The molecule has 9 atom stereocenters. The summed E-state index contributed by atoms with van der Waals surface area (Å²) in [4.78, 5) is 0. The molecule has 10 heteroatoms. The SMILES string of the molecule is OCC1OC[C@@H](O)[C@H](O)[C@@H]1O[C@@H]1OC(CO)[C@H](O)[C@@H](O)[C@@H]1O. The van der Waals surface area contributed by atoms with Gasteiger partial charge in [0.25, 0.3) is 0 Å². The Balaban J connectivity index is 2.09. The smallest absolute Gasteiger partial charge is 0.187 e. The monoisotopic (exact) mass is 326 g/mol. The van der Waals surface area contributed by atoms with E-state index in [0.29, 0.717) is 0 Å². The lowest BCUT2D eigenvalue weighted by atomic mass is 9.97. The summed E-state index contributed by atoms with van der Waals surface area (Å²) in [6.07, 6.45) is -12.3. The van der Waals surface area contributed by atoms with E-state index < -0.39 is 68.3 Å². The van der Waals surface area contributed by atoms with Crippen molar-refractivity contribution < 1.29 is 50.0 Å². The zero-order chi connectivity index (χ0) is 16.4. The molecule has 2 aliphatic rings. The Hall–Kier alpha value is -0.400. The highest BCUT2D eigenvalue weighted by Crippen LogP contribution is 2.27. The maximum Gasteiger partial charge on any atom is 0.187 e. The van der Waals surface area contributed by atoms with Crippen LogP contribution in [0.4, 0.5) is 0 Å². The van der Waals surface area contributed by atoms with E-state index in [2.05, 4.69) is 0 Å². The van der Waals surface area contributed by atoms with Gasteiger partial charge in [0.2, 0.25) is 0 Å². The molecule has 0 saturated carbocycles. The molecule has 0 aliphatic carbocycles. The summed E-state index contributed by atoms with van der Waals surface area (Å²) < 4.78 is 15.6. The second kappa shape index (κ2) is 7.45. The summed E-state index contributed by atoms with van der Waals surface area (Å²) in [5.41, 5.74) is 0. The van der Waals surface area contributed by atoms with Gasteiger partial charge in [0, 0.05) is 0 Å². The van der Waals surface area contributed by atoms with Crippen molar-refractivity contribution in [1.82, 2.24) is 0 Å². The van der Waals surface area contributed by atoms with E-state index >= 15 is 0 Å². The standard InChI is InChI=1S/C12H22O10/c13-1-5-8(17)9(18)10(19)12(21-5)22-11-6(2-14)20-3-4(15)7(11)16/h4-19H,1-3H2/t4-,5?,6?,7+,8+,9-,10+,11-,12+/m1/s1. The minimum Gasteiger partial charge on any atom is -0.394 e. The number of aliphatic hydroxyl groups is 7. The minimum atomic E-state index is -1.65. The van der Waals surface area contributed by atoms with Gasteiger partial charge in [-0.15, -0.1) is 0 Å². The Morgan fingerprint density at radius 3 is 2.05 bits per heavy atom.